The molecule has 24 heavy (non-hydrogen) atoms. The first-order chi connectivity index (χ1) is 11.7. The van der Waals surface area contributed by atoms with Crippen LogP contribution in [0.3, 0.4) is 0 Å². The fourth-order valence-electron chi connectivity index (χ4n) is 2.94. The average molecular weight is 343 g/mol. The quantitative estimate of drug-likeness (QED) is 0.757. The van der Waals surface area contributed by atoms with Gasteiger partial charge in [0, 0.05) is 17.5 Å². The monoisotopic (exact) mass is 343 g/mol. The Labute approximate surface area is 145 Å². The predicted octanol–water partition coefficient (Wildman–Crippen LogP) is 2.40. The standard InChI is InChI=1S/C18H21N3O2S/c1-2-9-20(12-15-7-5-10-24-15)18(23)13-21-17(22)11-14-6-3-4-8-16(14)19-21/h2,5,7,10-11H,1,3-4,6,8-9,12-13H2. The van der Waals surface area contributed by atoms with Crippen molar-refractivity contribution in [3.05, 3.63) is 62.7 Å². The summed E-state index contributed by atoms with van der Waals surface area (Å²) in [6, 6.07) is 5.61. The molecule has 1 aliphatic carbocycles. The summed E-state index contributed by atoms with van der Waals surface area (Å²) in [5, 5.41) is 6.41. The molecular formula is C18H21N3O2S. The van der Waals surface area contributed by atoms with Gasteiger partial charge in [-0.25, -0.2) is 4.68 Å². The summed E-state index contributed by atoms with van der Waals surface area (Å²) in [6.07, 6.45) is 5.69. The van der Waals surface area contributed by atoms with Crippen LogP contribution in [0.15, 0.2) is 41.0 Å². The first kappa shape index (κ1) is 16.6. The number of carbonyl (C=O) groups is 1. The Kier molecular flexibility index (Phi) is 5.25. The summed E-state index contributed by atoms with van der Waals surface area (Å²) in [5.74, 6) is -0.117. The Hall–Kier alpha value is -2.21. The Balaban J connectivity index is 1.77. The van der Waals surface area contributed by atoms with E-state index >= 15 is 0 Å². The van der Waals surface area contributed by atoms with Crippen LogP contribution < -0.4 is 5.56 Å². The van der Waals surface area contributed by atoms with Gasteiger partial charge in [-0.05, 0) is 42.7 Å². The molecule has 5 nitrogen and oxygen atoms in total. The number of fused-ring (bicyclic) bond motifs is 1. The fourth-order valence-corrected chi connectivity index (χ4v) is 3.66. The highest BCUT2D eigenvalue weighted by atomic mass is 32.1. The second-order valence-electron chi connectivity index (χ2n) is 5.96. The third-order valence-corrected chi connectivity index (χ3v) is 5.05. The summed E-state index contributed by atoms with van der Waals surface area (Å²) in [7, 11) is 0. The van der Waals surface area contributed by atoms with E-state index < -0.39 is 0 Å². The zero-order valence-electron chi connectivity index (χ0n) is 13.6. The van der Waals surface area contributed by atoms with Gasteiger partial charge >= 0.3 is 0 Å². The van der Waals surface area contributed by atoms with E-state index in [4.69, 9.17) is 0 Å². The molecule has 2 heterocycles. The predicted molar refractivity (Wildman–Crippen MR) is 95.1 cm³/mol. The number of nitrogens with zero attached hydrogens (tertiary/aromatic N) is 3. The normalized spacial score (nSPS) is 13.3. The van der Waals surface area contributed by atoms with Crippen molar-refractivity contribution in [3.63, 3.8) is 0 Å². The van der Waals surface area contributed by atoms with E-state index in [-0.39, 0.29) is 18.0 Å². The highest BCUT2D eigenvalue weighted by molar-refractivity contribution is 7.09. The Bertz CT molecular complexity index is 780. The number of amides is 1. The molecule has 0 aliphatic heterocycles. The highest BCUT2D eigenvalue weighted by Gasteiger charge is 2.18. The van der Waals surface area contributed by atoms with E-state index in [1.807, 2.05) is 17.5 Å². The Morgan fingerprint density at radius 3 is 3.00 bits per heavy atom. The maximum atomic E-state index is 12.6. The molecule has 0 unspecified atom stereocenters. The van der Waals surface area contributed by atoms with Crippen molar-refractivity contribution in [2.45, 2.75) is 38.8 Å². The first-order valence-electron chi connectivity index (χ1n) is 8.18. The molecule has 126 valence electrons. The lowest BCUT2D eigenvalue weighted by Gasteiger charge is -2.21. The van der Waals surface area contributed by atoms with Gasteiger partial charge in [0.25, 0.3) is 5.56 Å². The van der Waals surface area contributed by atoms with Gasteiger partial charge in [0.05, 0.1) is 12.2 Å². The van der Waals surface area contributed by atoms with Crippen LogP contribution in [-0.2, 0) is 30.7 Å². The lowest BCUT2D eigenvalue weighted by atomic mass is 9.97. The van der Waals surface area contributed by atoms with Crippen LogP contribution in [0.5, 0.6) is 0 Å². The molecule has 2 aromatic rings. The number of carbonyl (C=O) groups excluding carboxylic acids is 1. The van der Waals surface area contributed by atoms with Gasteiger partial charge in [-0.3, -0.25) is 9.59 Å². The minimum absolute atomic E-state index is 0.0225. The van der Waals surface area contributed by atoms with Crippen LogP contribution in [0.4, 0.5) is 0 Å². The number of rotatable bonds is 6. The molecule has 0 N–H and O–H groups in total. The first-order valence-corrected chi connectivity index (χ1v) is 9.06. The third kappa shape index (κ3) is 3.82. The minimum atomic E-state index is -0.196. The second-order valence-corrected chi connectivity index (χ2v) is 6.99. The smallest absolute Gasteiger partial charge is 0.267 e. The zero-order valence-corrected chi connectivity index (χ0v) is 14.4. The van der Waals surface area contributed by atoms with Crippen molar-refractivity contribution in [2.24, 2.45) is 0 Å². The number of aromatic nitrogens is 2. The van der Waals surface area contributed by atoms with Crippen molar-refractivity contribution in [1.29, 1.82) is 0 Å². The SMILES string of the molecule is C=CCN(Cc1cccs1)C(=O)Cn1nc2c(cc1=O)CCCC2. The Morgan fingerprint density at radius 2 is 2.25 bits per heavy atom. The van der Waals surface area contributed by atoms with E-state index in [2.05, 4.69) is 11.7 Å². The fraction of sp³-hybridized carbons (Fsp3) is 0.389. The maximum Gasteiger partial charge on any atom is 0.267 e. The van der Waals surface area contributed by atoms with Crippen LogP contribution in [0.25, 0.3) is 0 Å². The van der Waals surface area contributed by atoms with E-state index in [1.165, 1.54) is 4.68 Å². The van der Waals surface area contributed by atoms with Gasteiger partial charge in [0.15, 0.2) is 0 Å². The third-order valence-electron chi connectivity index (χ3n) is 4.19. The lowest BCUT2D eigenvalue weighted by Crippen LogP contribution is -2.37. The van der Waals surface area contributed by atoms with Crippen LogP contribution in [0.2, 0.25) is 0 Å². The maximum absolute atomic E-state index is 12.6. The molecule has 3 rings (SSSR count). The van der Waals surface area contributed by atoms with Crippen LogP contribution in [0.1, 0.15) is 29.0 Å². The van der Waals surface area contributed by atoms with Gasteiger partial charge in [-0.1, -0.05) is 12.1 Å². The molecule has 0 aromatic carbocycles. The minimum Gasteiger partial charge on any atom is -0.332 e. The van der Waals surface area contributed by atoms with E-state index in [1.54, 1.807) is 28.4 Å². The second kappa shape index (κ2) is 7.57. The van der Waals surface area contributed by atoms with Gasteiger partial charge in [0.1, 0.15) is 6.54 Å². The molecular weight excluding hydrogens is 322 g/mol. The molecule has 0 bridgehead atoms. The number of thiophene rings is 1. The topological polar surface area (TPSA) is 55.2 Å². The van der Waals surface area contributed by atoms with Gasteiger partial charge in [-0.15, -0.1) is 17.9 Å². The summed E-state index contributed by atoms with van der Waals surface area (Å²) in [6.45, 7) is 4.68. The highest BCUT2D eigenvalue weighted by Crippen LogP contribution is 2.17. The largest absolute Gasteiger partial charge is 0.332 e. The van der Waals surface area contributed by atoms with E-state index in [9.17, 15) is 9.59 Å². The van der Waals surface area contributed by atoms with Gasteiger partial charge < -0.3 is 4.90 Å². The van der Waals surface area contributed by atoms with Crippen molar-refractivity contribution < 1.29 is 4.79 Å². The summed E-state index contributed by atoms with van der Waals surface area (Å²) >= 11 is 1.61. The summed E-state index contributed by atoms with van der Waals surface area (Å²) in [5.41, 5.74) is 1.80. The molecule has 0 fully saturated rings. The van der Waals surface area contributed by atoms with E-state index in [0.29, 0.717) is 13.1 Å². The molecule has 2 aromatic heterocycles. The molecule has 0 saturated carbocycles. The van der Waals surface area contributed by atoms with Crippen molar-refractivity contribution >= 4 is 17.2 Å². The van der Waals surface area contributed by atoms with Gasteiger partial charge in [0.2, 0.25) is 5.91 Å². The number of hydrogen-bond donors (Lipinski definition) is 0. The average Bonchev–Trinajstić information content (AvgIpc) is 3.08. The molecule has 0 radical (unpaired) electrons. The summed E-state index contributed by atoms with van der Waals surface area (Å²) < 4.78 is 1.30. The van der Waals surface area contributed by atoms with Crippen molar-refractivity contribution in [2.75, 3.05) is 6.54 Å². The van der Waals surface area contributed by atoms with E-state index in [0.717, 1.165) is 41.8 Å². The van der Waals surface area contributed by atoms with Crippen molar-refractivity contribution in [3.8, 4) is 0 Å². The zero-order chi connectivity index (χ0) is 16.9. The van der Waals surface area contributed by atoms with Crippen molar-refractivity contribution in [1.82, 2.24) is 14.7 Å². The molecule has 6 heteroatoms. The molecule has 1 amide bonds. The lowest BCUT2D eigenvalue weighted by molar-refractivity contribution is -0.132. The van der Waals surface area contributed by atoms with Crippen LogP contribution >= 0.6 is 11.3 Å². The number of aryl methyl sites for hydroxylation is 2. The summed E-state index contributed by atoms with van der Waals surface area (Å²) in [4.78, 5) is 27.7. The molecule has 0 saturated heterocycles. The van der Waals surface area contributed by atoms with Crippen LogP contribution in [0, 0.1) is 0 Å². The molecule has 1 aliphatic rings. The number of hydrogen-bond acceptors (Lipinski definition) is 4. The van der Waals surface area contributed by atoms with Crippen LogP contribution in [-0.4, -0.2) is 27.1 Å². The molecule has 0 atom stereocenters. The Morgan fingerprint density at radius 1 is 1.42 bits per heavy atom. The van der Waals surface area contributed by atoms with Gasteiger partial charge in [-0.2, -0.15) is 5.10 Å². The molecule has 0 spiro atoms.